The molecule has 1 amide bonds. The molecule has 2 heterocycles. The van der Waals surface area contributed by atoms with Crippen molar-refractivity contribution in [2.45, 2.75) is 18.9 Å². The van der Waals surface area contributed by atoms with Gasteiger partial charge in [-0.1, -0.05) is 11.6 Å². The Labute approximate surface area is 126 Å². The number of nitrogens with zero attached hydrogens (tertiary/aromatic N) is 3. The van der Waals surface area contributed by atoms with Gasteiger partial charge in [-0.2, -0.15) is 0 Å². The maximum atomic E-state index is 10.9. The number of halogens is 1. The molecule has 21 heavy (non-hydrogen) atoms. The highest BCUT2D eigenvalue weighted by Gasteiger charge is 2.21. The van der Waals surface area contributed by atoms with Gasteiger partial charge < -0.3 is 19.5 Å². The van der Waals surface area contributed by atoms with Gasteiger partial charge >= 0.3 is 0 Å². The first-order chi connectivity index (χ1) is 10.1. The summed E-state index contributed by atoms with van der Waals surface area (Å²) in [5, 5.41) is 12.0. The van der Waals surface area contributed by atoms with Gasteiger partial charge in [-0.05, 0) is 31.0 Å². The molecule has 1 saturated heterocycles. The van der Waals surface area contributed by atoms with Gasteiger partial charge in [0.05, 0.1) is 12.1 Å². The first kappa shape index (κ1) is 13.9. The molecule has 1 aromatic carbocycles. The first-order valence-electron chi connectivity index (χ1n) is 6.66. The summed E-state index contributed by atoms with van der Waals surface area (Å²) in [6.45, 7) is 0.818. The van der Waals surface area contributed by atoms with Crippen LogP contribution in [0.2, 0.25) is 5.15 Å². The predicted octanol–water partition coefficient (Wildman–Crippen LogP) is 1.47. The zero-order valence-corrected chi connectivity index (χ0v) is 11.9. The lowest BCUT2D eigenvalue weighted by Crippen LogP contribution is -2.49. The number of ether oxygens (including phenoxy) is 1. The summed E-state index contributed by atoms with van der Waals surface area (Å²) in [7, 11) is 0. The van der Waals surface area contributed by atoms with Gasteiger partial charge in [-0.15, -0.1) is 0 Å². The van der Waals surface area contributed by atoms with E-state index in [1.165, 1.54) is 11.2 Å². The van der Waals surface area contributed by atoms with Crippen LogP contribution < -0.4 is 9.84 Å². The van der Waals surface area contributed by atoms with Gasteiger partial charge in [-0.3, -0.25) is 0 Å². The van der Waals surface area contributed by atoms with E-state index < -0.39 is 6.09 Å². The molecule has 1 fully saturated rings. The predicted molar refractivity (Wildman–Crippen MR) is 75.2 cm³/mol. The maximum Gasteiger partial charge on any atom is 0.140 e. The highest BCUT2D eigenvalue weighted by Crippen LogP contribution is 2.26. The number of fused-ring (bicyclic) bond motifs is 1. The zero-order valence-electron chi connectivity index (χ0n) is 11.2. The van der Waals surface area contributed by atoms with Crippen LogP contribution in [0.5, 0.6) is 5.75 Å². The number of hydrogen-bond donors (Lipinski definition) is 0. The molecule has 6 nitrogen and oxygen atoms in total. The molecular weight excluding hydrogens is 294 g/mol. The molecule has 0 radical (unpaired) electrons. The van der Waals surface area contributed by atoms with Crippen molar-refractivity contribution in [1.29, 1.82) is 0 Å². The van der Waals surface area contributed by atoms with Crippen molar-refractivity contribution < 1.29 is 14.6 Å². The molecule has 7 heteroatoms. The average molecular weight is 307 g/mol. The number of carbonyl (C=O) groups excluding carboxylic acids is 1. The minimum absolute atomic E-state index is 0.183. The fraction of sp³-hybridized carbons (Fsp3) is 0.357. The van der Waals surface area contributed by atoms with Crippen molar-refractivity contribution in [3.63, 3.8) is 0 Å². The quantitative estimate of drug-likeness (QED) is 0.785. The number of piperidine rings is 1. The second-order valence-electron chi connectivity index (χ2n) is 4.94. The molecule has 0 N–H and O–H groups in total. The molecule has 1 atom stereocenters. The number of aromatic nitrogens is 2. The third kappa shape index (κ3) is 3.00. The summed E-state index contributed by atoms with van der Waals surface area (Å²) in [5.41, 5.74) is 0.738. The van der Waals surface area contributed by atoms with Crippen LogP contribution in [0.3, 0.4) is 0 Å². The van der Waals surface area contributed by atoms with Crippen LogP contribution in [0, 0.1) is 0 Å². The van der Waals surface area contributed by atoms with E-state index in [1.807, 2.05) is 0 Å². The lowest BCUT2D eigenvalue weighted by molar-refractivity contribution is -0.267. The molecule has 2 aromatic rings. The normalized spacial score (nSPS) is 18.7. The van der Waals surface area contributed by atoms with E-state index in [4.69, 9.17) is 16.3 Å². The summed E-state index contributed by atoms with van der Waals surface area (Å²) >= 11 is 6.04. The van der Waals surface area contributed by atoms with Crippen molar-refractivity contribution in [1.82, 2.24) is 14.9 Å². The SMILES string of the molecule is O=C([O-])N1CCC[C@H](Oc2ccc3ncnc(Cl)c3c2)C1. The smallest absolute Gasteiger partial charge is 0.140 e. The van der Waals surface area contributed by atoms with E-state index in [0.717, 1.165) is 18.4 Å². The fourth-order valence-corrected chi connectivity index (χ4v) is 2.67. The Kier molecular flexibility index (Phi) is 3.79. The second-order valence-corrected chi connectivity index (χ2v) is 5.30. The Bertz CT molecular complexity index is 680. The number of hydrogen-bond acceptors (Lipinski definition) is 5. The summed E-state index contributed by atoms with van der Waals surface area (Å²) in [4.78, 5) is 20.2. The molecule has 0 aliphatic carbocycles. The minimum atomic E-state index is -1.15. The number of rotatable bonds is 2. The Morgan fingerprint density at radius 2 is 2.29 bits per heavy atom. The third-order valence-electron chi connectivity index (χ3n) is 3.50. The largest absolute Gasteiger partial charge is 0.530 e. The maximum absolute atomic E-state index is 10.9. The van der Waals surface area contributed by atoms with Crippen molar-refractivity contribution in [2.24, 2.45) is 0 Å². The standard InChI is InChI=1S/C14H14ClN3O3/c15-13-11-6-9(3-4-12(11)16-8-17-13)21-10-2-1-5-18(7-10)14(19)20/h3-4,6,8,10H,1-2,5,7H2,(H,19,20)/p-1/t10-/m0/s1. The Hall–Kier alpha value is -2.08. The van der Waals surface area contributed by atoms with Crippen LogP contribution in [0.25, 0.3) is 10.9 Å². The number of benzene rings is 1. The van der Waals surface area contributed by atoms with E-state index in [-0.39, 0.29) is 6.10 Å². The van der Waals surface area contributed by atoms with Gasteiger partial charge in [0, 0.05) is 11.9 Å². The van der Waals surface area contributed by atoms with E-state index in [0.29, 0.717) is 29.4 Å². The number of amides is 1. The van der Waals surface area contributed by atoms with Gasteiger partial charge in [0.15, 0.2) is 0 Å². The number of carbonyl (C=O) groups is 1. The molecule has 1 aliphatic heterocycles. The van der Waals surface area contributed by atoms with Gasteiger partial charge in [0.1, 0.15) is 29.4 Å². The molecule has 1 aliphatic rings. The van der Waals surface area contributed by atoms with E-state index in [9.17, 15) is 9.90 Å². The molecule has 0 saturated carbocycles. The van der Waals surface area contributed by atoms with E-state index in [2.05, 4.69) is 9.97 Å². The van der Waals surface area contributed by atoms with E-state index >= 15 is 0 Å². The molecule has 3 rings (SSSR count). The van der Waals surface area contributed by atoms with Gasteiger partial charge in [0.2, 0.25) is 0 Å². The Morgan fingerprint density at radius 3 is 3.10 bits per heavy atom. The summed E-state index contributed by atoms with van der Waals surface area (Å²) < 4.78 is 5.85. The van der Waals surface area contributed by atoms with Crippen LogP contribution in [0.1, 0.15) is 12.8 Å². The fourth-order valence-electron chi connectivity index (χ4n) is 2.47. The van der Waals surface area contributed by atoms with Gasteiger partial charge in [0.25, 0.3) is 0 Å². The lowest BCUT2D eigenvalue weighted by atomic mass is 10.1. The molecule has 0 unspecified atom stereocenters. The van der Waals surface area contributed by atoms with Crippen LogP contribution in [-0.2, 0) is 0 Å². The van der Waals surface area contributed by atoms with Crippen LogP contribution in [0.4, 0.5) is 4.79 Å². The highest BCUT2D eigenvalue weighted by atomic mass is 35.5. The van der Waals surface area contributed by atoms with Crippen LogP contribution >= 0.6 is 11.6 Å². The monoisotopic (exact) mass is 306 g/mol. The average Bonchev–Trinajstić information content (AvgIpc) is 2.48. The summed E-state index contributed by atoms with van der Waals surface area (Å²) in [5.74, 6) is 0.629. The van der Waals surface area contributed by atoms with Crippen LogP contribution in [-0.4, -0.2) is 40.2 Å². The van der Waals surface area contributed by atoms with Crippen molar-refractivity contribution in [3.05, 3.63) is 29.7 Å². The van der Waals surface area contributed by atoms with Crippen molar-refractivity contribution >= 4 is 28.6 Å². The zero-order chi connectivity index (χ0) is 14.8. The summed E-state index contributed by atoms with van der Waals surface area (Å²) in [6.07, 6.45) is 1.64. The molecular formula is C14H13ClN3O3-. The molecule has 0 bridgehead atoms. The lowest BCUT2D eigenvalue weighted by Gasteiger charge is -2.34. The minimum Gasteiger partial charge on any atom is -0.530 e. The Balaban J connectivity index is 1.78. The molecule has 0 spiro atoms. The topological polar surface area (TPSA) is 78.4 Å². The second kappa shape index (κ2) is 5.73. The van der Waals surface area contributed by atoms with Crippen molar-refractivity contribution in [3.8, 4) is 5.75 Å². The number of likely N-dealkylation sites (tertiary alicyclic amines) is 1. The highest BCUT2D eigenvalue weighted by molar-refractivity contribution is 6.34. The molecule has 1 aromatic heterocycles. The Morgan fingerprint density at radius 1 is 1.43 bits per heavy atom. The van der Waals surface area contributed by atoms with E-state index in [1.54, 1.807) is 18.2 Å². The van der Waals surface area contributed by atoms with Crippen LogP contribution in [0.15, 0.2) is 24.5 Å². The molecule has 110 valence electrons. The third-order valence-corrected chi connectivity index (χ3v) is 3.80. The summed E-state index contributed by atoms with van der Waals surface area (Å²) in [6, 6.07) is 5.37. The first-order valence-corrected chi connectivity index (χ1v) is 7.04. The number of carboxylic acid groups (broad SMARTS) is 1. The van der Waals surface area contributed by atoms with Crippen molar-refractivity contribution in [2.75, 3.05) is 13.1 Å². The van der Waals surface area contributed by atoms with Gasteiger partial charge in [-0.25, -0.2) is 9.97 Å².